The summed E-state index contributed by atoms with van der Waals surface area (Å²) in [5.74, 6) is -1.04. The number of benzene rings is 1. The third kappa shape index (κ3) is 3.26. The molecule has 0 bridgehead atoms. The van der Waals surface area contributed by atoms with Crippen molar-refractivity contribution in [3.05, 3.63) is 30.1 Å². The van der Waals surface area contributed by atoms with Crippen molar-refractivity contribution in [1.29, 1.82) is 0 Å². The molecule has 1 aromatic rings. The molecule has 0 saturated carbocycles. The quantitative estimate of drug-likeness (QED) is 0.795. The van der Waals surface area contributed by atoms with Gasteiger partial charge in [-0.25, -0.2) is 9.29 Å². The van der Waals surface area contributed by atoms with E-state index in [0.29, 0.717) is 25.3 Å². The van der Waals surface area contributed by atoms with Gasteiger partial charge in [0.2, 0.25) is 5.91 Å². The van der Waals surface area contributed by atoms with E-state index < -0.39 is 11.9 Å². The number of amides is 2. The van der Waals surface area contributed by atoms with E-state index >= 15 is 0 Å². The van der Waals surface area contributed by atoms with E-state index in [4.69, 9.17) is 5.11 Å². The van der Waals surface area contributed by atoms with Crippen LogP contribution in [0.3, 0.4) is 0 Å². The molecule has 1 atom stereocenters. The molecule has 2 fully saturated rings. The first kappa shape index (κ1) is 16.0. The largest absolute Gasteiger partial charge is 0.395 e. The van der Waals surface area contributed by atoms with Crippen molar-refractivity contribution >= 4 is 17.5 Å². The molecular formula is C16H20FN3O3. The molecule has 0 aromatic heterocycles. The highest BCUT2D eigenvalue weighted by Crippen LogP contribution is 2.26. The third-order valence-electron chi connectivity index (χ3n) is 4.45. The zero-order valence-corrected chi connectivity index (χ0v) is 12.8. The van der Waals surface area contributed by atoms with Gasteiger partial charge < -0.3 is 5.11 Å². The molecule has 2 aliphatic heterocycles. The lowest BCUT2D eigenvalue weighted by atomic mass is 10.1. The molecule has 0 spiro atoms. The number of aliphatic hydroxyl groups is 1. The minimum absolute atomic E-state index is 0.119. The number of anilines is 1. The predicted octanol–water partition coefficient (Wildman–Crippen LogP) is 0.0675. The zero-order valence-electron chi connectivity index (χ0n) is 12.8. The van der Waals surface area contributed by atoms with E-state index in [1.54, 1.807) is 6.07 Å². The number of carbonyl (C=O) groups excluding carboxylic acids is 2. The highest BCUT2D eigenvalue weighted by atomic mass is 19.1. The maximum absolute atomic E-state index is 13.4. The van der Waals surface area contributed by atoms with Gasteiger partial charge >= 0.3 is 0 Å². The molecule has 2 saturated heterocycles. The van der Waals surface area contributed by atoms with Crippen LogP contribution in [0.25, 0.3) is 0 Å². The predicted molar refractivity (Wildman–Crippen MR) is 82.4 cm³/mol. The van der Waals surface area contributed by atoms with Gasteiger partial charge in [0.1, 0.15) is 5.82 Å². The fourth-order valence-electron chi connectivity index (χ4n) is 3.23. The monoisotopic (exact) mass is 321 g/mol. The molecule has 2 heterocycles. The summed E-state index contributed by atoms with van der Waals surface area (Å²) in [5, 5.41) is 8.96. The first-order valence-electron chi connectivity index (χ1n) is 7.80. The number of aliphatic hydroxyl groups excluding tert-OH is 1. The Morgan fingerprint density at radius 3 is 2.57 bits per heavy atom. The number of carbonyl (C=O) groups is 2. The highest BCUT2D eigenvalue weighted by Gasteiger charge is 2.43. The van der Waals surface area contributed by atoms with E-state index in [1.807, 2.05) is 4.90 Å². The summed E-state index contributed by atoms with van der Waals surface area (Å²) in [6, 6.07) is 5.08. The first-order chi connectivity index (χ1) is 11.1. The van der Waals surface area contributed by atoms with Crippen molar-refractivity contribution < 1.29 is 19.1 Å². The normalized spacial score (nSPS) is 23.7. The third-order valence-corrected chi connectivity index (χ3v) is 4.45. The van der Waals surface area contributed by atoms with Crippen molar-refractivity contribution in [1.82, 2.24) is 9.80 Å². The Morgan fingerprint density at radius 1 is 1.17 bits per heavy atom. The summed E-state index contributed by atoms with van der Waals surface area (Å²) in [7, 11) is 0. The minimum atomic E-state index is -0.470. The number of piperazine rings is 1. The Balaban J connectivity index is 1.70. The zero-order chi connectivity index (χ0) is 16.4. The summed E-state index contributed by atoms with van der Waals surface area (Å²) < 4.78 is 13.4. The summed E-state index contributed by atoms with van der Waals surface area (Å²) in [5.41, 5.74) is 0.293. The number of halogens is 1. The molecule has 1 N–H and O–H groups in total. The lowest BCUT2D eigenvalue weighted by Gasteiger charge is -2.36. The molecule has 7 heteroatoms. The SMILES string of the molecule is O=C1CC(N2CCN(CCO)CC2)C(=O)N1c1cccc(F)c1. The number of imide groups is 1. The van der Waals surface area contributed by atoms with E-state index in [1.165, 1.54) is 18.2 Å². The Kier molecular flexibility index (Phi) is 4.70. The standard InChI is InChI=1S/C16H20FN3O3/c17-12-2-1-3-13(10-12)20-15(22)11-14(16(20)23)19-6-4-18(5-7-19)8-9-21/h1-3,10,14,21H,4-9,11H2. The van der Waals surface area contributed by atoms with E-state index in [2.05, 4.69) is 4.90 Å². The Bertz CT molecular complexity index is 602. The average Bonchev–Trinajstić information content (AvgIpc) is 2.83. The summed E-state index contributed by atoms with van der Waals surface area (Å²) >= 11 is 0. The van der Waals surface area contributed by atoms with Gasteiger partial charge in [-0.15, -0.1) is 0 Å². The lowest BCUT2D eigenvalue weighted by molar-refractivity contribution is -0.123. The molecule has 23 heavy (non-hydrogen) atoms. The first-order valence-corrected chi connectivity index (χ1v) is 7.80. The van der Waals surface area contributed by atoms with E-state index in [0.717, 1.165) is 18.0 Å². The average molecular weight is 321 g/mol. The maximum Gasteiger partial charge on any atom is 0.251 e. The van der Waals surface area contributed by atoms with Crippen LogP contribution < -0.4 is 4.90 Å². The Morgan fingerprint density at radius 2 is 1.91 bits per heavy atom. The topological polar surface area (TPSA) is 64.1 Å². The molecule has 3 rings (SSSR count). The van der Waals surface area contributed by atoms with Gasteiger partial charge in [-0.1, -0.05) is 6.07 Å². The minimum Gasteiger partial charge on any atom is -0.395 e. The number of hydrogen-bond donors (Lipinski definition) is 1. The lowest BCUT2D eigenvalue weighted by Crippen LogP contribution is -2.52. The van der Waals surface area contributed by atoms with Crippen molar-refractivity contribution in [3.63, 3.8) is 0 Å². The molecular weight excluding hydrogens is 301 g/mol. The molecule has 0 aliphatic carbocycles. The fraction of sp³-hybridized carbons (Fsp3) is 0.500. The second-order valence-electron chi connectivity index (χ2n) is 5.87. The number of hydrogen-bond acceptors (Lipinski definition) is 5. The van der Waals surface area contributed by atoms with Crippen LogP contribution in [0.4, 0.5) is 10.1 Å². The van der Waals surface area contributed by atoms with Gasteiger partial charge in [0, 0.05) is 32.7 Å². The van der Waals surface area contributed by atoms with Crippen LogP contribution in [0.5, 0.6) is 0 Å². The molecule has 0 radical (unpaired) electrons. The van der Waals surface area contributed by atoms with Crippen LogP contribution in [0, 0.1) is 5.82 Å². The van der Waals surface area contributed by atoms with Crippen LogP contribution in [0.1, 0.15) is 6.42 Å². The van der Waals surface area contributed by atoms with Gasteiger partial charge in [-0.05, 0) is 18.2 Å². The number of β-amino-alcohol motifs (C(OH)–C–C–N with tert-alkyl or cyclic N) is 1. The smallest absolute Gasteiger partial charge is 0.251 e. The van der Waals surface area contributed by atoms with E-state index in [-0.39, 0.29) is 24.8 Å². The van der Waals surface area contributed by atoms with Gasteiger partial charge in [-0.3, -0.25) is 19.4 Å². The van der Waals surface area contributed by atoms with E-state index in [9.17, 15) is 14.0 Å². The Labute approximate surface area is 134 Å². The summed E-state index contributed by atoms with van der Waals surface area (Å²) in [6.45, 7) is 3.63. The molecule has 1 unspecified atom stereocenters. The van der Waals surface area contributed by atoms with Crippen LogP contribution in [-0.2, 0) is 9.59 Å². The van der Waals surface area contributed by atoms with Crippen molar-refractivity contribution in [2.75, 3.05) is 44.2 Å². The molecule has 2 aliphatic rings. The van der Waals surface area contributed by atoms with Gasteiger partial charge in [-0.2, -0.15) is 0 Å². The second-order valence-corrected chi connectivity index (χ2v) is 5.87. The summed E-state index contributed by atoms with van der Waals surface area (Å²) in [6.07, 6.45) is 0.134. The number of nitrogens with zero attached hydrogens (tertiary/aromatic N) is 3. The van der Waals surface area contributed by atoms with Crippen LogP contribution in [0.2, 0.25) is 0 Å². The maximum atomic E-state index is 13.4. The molecule has 2 amide bonds. The number of rotatable bonds is 4. The van der Waals surface area contributed by atoms with Gasteiger partial charge in [0.25, 0.3) is 5.91 Å². The van der Waals surface area contributed by atoms with Crippen molar-refractivity contribution in [2.24, 2.45) is 0 Å². The van der Waals surface area contributed by atoms with Crippen LogP contribution in [0.15, 0.2) is 24.3 Å². The molecule has 1 aromatic carbocycles. The van der Waals surface area contributed by atoms with Crippen molar-refractivity contribution in [2.45, 2.75) is 12.5 Å². The second kappa shape index (κ2) is 6.74. The molecule has 124 valence electrons. The van der Waals surface area contributed by atoms with Crippen LogP contribution >= 0.6 is 0 Å². The molecule has 6 nitrogen and oxygen atoms in total. The summed E-state index contributed by atoms with van der Waals surface area (Å²) in [4.78, 5) is 30.1. The van der Waals surface area contributed by atoms with Gasteiger partial charge in [0.15, 0.2) is 0 Å². The van der Waals surface area contributed by atoms with Crippen molar-refractivity contribution in [3.8, 4) is 0 Å². The van der Waals surface area contributed by atoms with Gasteiger partial charge in [0.05, 0.1) is 24.8 Å². The van der Waals surface area contributed by atoms with Crippen LogP contribution in [-0.4, -0.2) is 72.1 Å². The fourth-order valence-corrected chi connectivity index (χ4v) is 3.23. The highest BCUT2D eigenvalue weighted by molar-refractivity contribution is 6.22. The Hall–Kier alpha value is -1.83.